The molecule has 0 radical (unpaired) electrons. The normalized spacial score (nSPS) is 14.0. The molecule has 1 amide bonds. The largest absolute Gasteiger partial charge is 0.493 e. The first-order valence-electron chi connectivity index (χ1n) is 9.86. The fourth-order valence-electron chi connectivity index (χ4n) is 3.35. The molecule has 0 aromatic heterocycles. The highest BCUT2D eigenvalue weighted by atomic mass is 79.9. The zero-order chi connectivity index (χ0) is 23.1. The van der Waals surface area contributed by atoms with Gasteiger partial charge in [-0.2, -0.15) is 5.26 Å². The van der Waals surface area contributed by atoms with Crippen molar-refractivity contribution in [1.82, 2.24) is 4.90 Å². The van der Waals surface area contributed by atoms with Gasteiger partial charge in [-0.1, -0.05) is 34.1 Å². The minimum absolute atomic E-state index is 0.000110. The average molecular weight is 500 g/mol. The summed E-state index contributed by atoms with van der Waals surface area (Å²) < 4.78 is 11.0. The molecule has 3 rings (SSSR count). The van der Waals surface area contributed by atoms with Gasteiger partial charge in [0.15, 0.2) is 18.1 Å². The Hall–Kier alpha value is -3.51. The number of carbonyl (C=O) groups excluding carboxylic acids is 1. The molecule has 0 atom stereocenters. The van der Waals surface area contributed by atoms with Crippen molar-refractivity contribution in [3.8, 4) is 17.6 Å². The molecule has 9 heteroatoms. The lowest BCUT2D eigenvalue weighted by Gasteiger charge is -2.36. The molecule has 1 aliphatic heterocycles. The molecular weight excluding hydrogens is 478 g/mol. The van der Waals surface area contributed by atoms with Crippen LogP contribution in [0.15, 0.2) is 52.5 Å². The summed E-state index contributed by atoms with van der Waals surface area (Å²) >= 11 is 3.39. The van der Waals surface area contributed by atoms with E-state index >= 15 is 0 Å². The SMILES string of the molecule is COc1cc(/C=C(/C#N)C(=O)N2CCN(c3ccccc3)CC2)c(Br)cc1OCC(=O)O. The van der Waals surface area contributed by atoms with Gasteiger partial charge in [0.05, 0.1) is 7.11 Å². The van der Waals surface area contributed by atoms with E-state index in [1.807, 2.05) is 36.4 Å². The first-order chi connectivity index (χ1) is 15.4. The Balaban J connectivity index is 1.75. The van der Waals surface area contributed by atoms with E-state index in [2.05, 4.69) is 20.8 Å². The van der Waals surface area contributed by atoms with Gasteiger partial charge < -0.3 is 24.4 Å². The van der Waals surface area contributed by atoms with Crippen LogP contribution >= 0.6 is 15.9 Å². The molecule has 0 aliphatic carbocycles. The van der Waals surface area contributed by atoms with E-state index in [9.17, 15) is 14.9 Å². The summed E-state index contributed by atoms with van der Waals surface area (Å²) in [4.78, 5) is 27.6. The summed E-state index contributed by atoms with van der Waals surface area (Å²) in [6, 6.07) is 15.1. The molecule has 2 aromatic carbocycles. The Labute approximate surface area is 194 Å². The van der Waals surface area contributed by atoms with E-state index in [4.69, 9.17) is 14.6 Å². The van der Waals surface area contributed by atoms with Crippen molar-refractivity contribution in [2.24, 2.45) is 0 Å². The minimum Gasteiger partial charge on any atom is -0.493 e. The molecule has 0 unspecified atom stereocenters. The van der Waals surface area contributed by atoms with Gasteiger partial charge in [0, 0.05) is 36.3 Å². The van der Waals surface area contributed by atoms with E-state index in [1.165, 1.54) is 13.2 Å². The van der Waals surface area contributed by atoms with Gasteiger partial charge >= 0.3 is 5.97 Å². The molecule has 1 fully saturated rings. The number of carboxylic acid groups (broad SMARTS) is 1. The lowest BCUT2D eigenvalue weighted by molar-refractivity contribution is -0.139. The van der Waals surface area contributed by atoms with E-state index in [0.29, 0.717) is 42.0 Å². The number of nitriles is 1. The topological polar surface area (TPSA) is 103 Å². The molecule has 166 valence electrons. The molecular formula is C23H22BrN3O5. The van der Waals surface area contributed by atoms with Crippen LogP contribution in [0.3, 0.4) is 0 Å². The summed E-state index contributed by atoms with van der Waals surface area (Å²) in [6.07, 6.45) is 1.49. The molecule has 0 saturated carbocycles. The fraction of sp³-hybridized carbons (Fsp3) is 0.261. The van der Waals surface area contributed by atoms with Gasteiger partial charge in [0.2, 0.25) is 0 Å². The van der Waals surface area contributed by atoms with Gasteiger partial charge in [0.1, 0.15) is 11.6 Å². The number of carbonyl (C=O) groups is 2. The lowest BCUT2D eigenvalue weighted by Crippen LogP contribution is -2.49. The maximum Gasteiger partial charge on any atom is 0.341 e. The third-order valence-electron chi connectivity index (χ3n) is 4.97. The predicted octanol–water partition coefficient (Wildman–Crippen LogP) is 3.18. The van der Waals surface area contributed by atoms with E-state index in [-0.39, 0.29) is 17.2 Å². The number of hydrogen-bond acceptors (Lipinski definition) is 6. The van der Waals surface area contributed by atoms with Crippen LogP contribution in [0.1, 0.15) is 5.56 Å². The van der Waals surface area contributed by atoms with Crippen molar-refractivity contribution >= 4 is 39.6 Å². The number of nitrogens with zero attached hydrogens (tertiary/aromatic N) is 3. The highest BCUT2D eigenvalue weighted by Gasteiger charge is 2.24. The van der Waals surface area contributed by atoms with Gasteiger partial charge in [-0.25, -0.2) is 4.79 Å². The van der Waals surface area contributed by atoms with Crippen molar-refractivity contribution in [3.05, 3.63) is 58.1 Å². The number of anilines is 1. The third-order valence-corrected chi connectivity index (χ3v) is 5.66. The summed E-state index contributed by atoms with van der Waals surface area (Å²) in [7, 11) is 1.42. The Kier molecular flexibility index (Phi) is 7.73. The van der Waals surface area contributed by atoms with Crippen LogP contribution in [0.2, 0.25) is 0 Å². The van der Waals surface area contributed by atoms with Crippen LogP contribution in [0.5, 0.6) is 11.5 Å². The second kappa shape index (κ2) is 10.7. The molecule has 1 heterocycles. The number of halogens is 1. The standard InChI is InChI=1S/C23H22BrN3O5/c1-31-20-12-16(19(24)13-21(20)32-15-22(28)29)11-17(14-25)23(30)27-9-7-26(8-10-27)18-5-3-2-4-6-18/h2-6,11-13H,7-10,15H2,1H3,(H,28,29)/b17-11-. The maximum absolute atomic E-state index is 13.0. The minimum atomic E-state index is -1.11. The Morgan fingerprint density at radius 2 is 1.84 bits per heavy atom. The highest BCUT2D eigenvalue weighted by molar-refractivity contribution is 9.10. The van der Waals surface area contributed by atoms with E-state index < -0.39 is 12.6 Å². The monoisotopic (exact) mass is 499 g/mol. The second-order valence-electron chi connectivity index (χ2n) is 6.99. The van der Waals surface area contributed by atoms with Crippen molar-refractivity contribution in [1.29, 1.82) is 5.26 Å². The highest BCUT2D eigenvalue weighted by Crippen LogP contribution is 2.34. The van der Waals surface area contributed by atoms with Gasteiger partial charge in [-0.3, -0.25) is 4.79 Å². The Bertz CT molecular complexity index is 1060. The van der Waals surface area contributed by atoms with Crippen molar-refractivity contribution < 1.29 is 24.2 Å². The summed E-state index contributed by atoms with van der Waals surface area (Å²) in [5.41, 5.74) is 1.65. The summed E-state index contributed by atoms with van der Waals surface area (Å²) in [5.74, 6) is -0.920. The number of benzene rings is 2. The average Bonchev–Trinajstić information content (AvgIpc) is 2.82. The molecule has 1 saturated heterocycles. The van der Waals surface area contributed by atoms with Crippen LogP contribution in [0.4, 0.5) is 5.69 Å². The molecule has 0 spiro atoms. The number of rotatable bonds is 7. The number of para-hydroxylation sites is 1. The second-order valence-corrected chi connectivity index (χ2v) is 7.85. The Morgan fingerprint density at radius 3 is 2.44 bits per heavy atom. The number of hydrogen-bond donors (Lipinski definition) is 1. The lowest BCUT2D eigenvalue weighted by atomic mass is 10.1. The van der Waals surface area contributed by atoms with E-state index in [1.54, 1.807) is 17.0 Å². The fourth-order valence-corrected chi connectivity index (χ4v) is 3.78. The number of piperazine rings is 1. The molecule has 1 N–H and O–H groups in total. The third kappa shape index (κ3) is 5.59. The van der Waals surface area contributed by atoms with E-state index in [0.717, 1.165) is 5.69 Å². The number of carboxylic acids is 1. The van der Waals surface area contributed by atoms with Crippen LogP contribution in [0, 0.1) is 11.3 Å². The Morgan fingerprint density at radius 1 is 1.16 bits per heavy atom. The number of methoxy groups -OCH3 is 1. The molecule has 2 aromatic rings. The van der Waals surface area contributed by atoms with Crippen molar-refractivity contribution in [2.45, 2.75) is 0 Å². The first kappa shape index (κ1) is 23.2. The summed E-state index contributed by atoms with van der Waals surface area (Å²) in [5, 5.41) is 18.4. The summed E-state index contributed by atoms with van der Waals surface area (Å²) in [6.45, 7) is 1.87. The predicted molar refractivity (Wildman–Crippen MR) is 123 cm³/mol. The van der Waals surface area contributed by atoms with Crippen molar-refractivity contribution in [3.63, 3.8) is 0 Å². The van der Waals surface area contributed by atoms with Crippen LogP contribution < -0.4 is 14.4 Å². The van der Waals surface area contributed by atoms with Crippen molar-refractivity contribution in [2.75, 3.05) is 44.8 Å². The number of aliphatic carboxylic acids is 1. The number of amides is 1. The molecule has 0 bridgehead atoms. The first-order valence-corrected chi connectivity index (χ1v) is 10.7. The van der Waals surface area contributed by atoms with Gasteiger partial charge in [-0.15, -0.1) is 0 Å². The quantitative estimate of drug-likeness (QED) is 0.460. The molecule has 1 aliphatic rings. The molecule has 32 heavy (non-hydrogen) atoms. The van der Waals surface area contributed by atoms with Gasteiger partial charge in [-0.05, 0) is 35.9 Å². The number of ether oxygens (including phenoxy) is 2. The van der Waals surface area contributed by atoms with Crippen LogP contribution in [-0.4, -0.2) is 61.8 Å². The van der Waals surface area contributed by atoms with Crippen LogP contribution in [0.25, 0.3) is 6.08 Å². The maximum atomic E-state index is 13.0. The zero-order valence-corrected chi connectivity index (χ0v) is 19.0. The van der Waals surface area contributed by atoms with Crippen LogP contribution in [-0.2, 0) is 9.59 Å². The molecule has 8 nitrogen and oxygen atoms in total. The smallest absolute Gasteiger partial charge is 0.341 e. The zero-order valence-electron chi connectivity index (χ0n) is 17.5. The van der Waals surface area contributed by atoms with Gasteiger partial charge in [0.25, 0.3) is 5.91 Å².